The number of amides is 1. The van der Waals surface area contributed by atoms with E-state index < -0.39 is 0 Å². The van der Waals surface area contributed by atoms with E-state index in [2.05, 4.69) is 51.9 Å². The molecule has 0 saturated heterocycles. The van der Waals surface area contributed by atoms with Crippen molar-refractivity contribution in [1.82, 2.24) is 9.97 Å². The molecule has 4 rings (SSSR count). The number of aromatic nitrogens is 2. The number of rotatable bonds is 7. The van der Waals surface area contributed by atoms with Crippen LogP contribution >= 0.6 is 0 Å². The van der Waals surface area contributed by atoms with Crippen LogP contribution in [0.5, 0.6) is 0 Å². The highest BCUT2D eigenvalue weighted by Gasteiger charge is 2.12. The molecule has 0 bridgehead atoms. The van der Waals surface area contributed by atoms with Crippen LogP contribution in [0.4, 0.5) is 11.4 Å². The van der Waals surface area contributed by atoms with Gasteiger partial charge in [-0.25, -0.2) is 0 Å². The van der Waals surface area contributed by atoms with Crippen molar-refractivity contribution in [2.75, 3.05) is 17.2 Å². The Hall–Kier alpha value is -3.60. The molecule has 0 saturated carbocycles. The van der Waals surface area contributed by atoms with Crippen LogP contribution in [0.15, 0.2) is 67.1 Å². The van der Waals surface area contributed by atoms with Crippen LogP contribution in [0.25, 0.3) is 10.9 Å². The fourth-order valence-electron chi connectivity index (χ4n) is 3.73. The zero-order valence-electron chi connectivity index (χ0n) is 17.3. The first-order chi connectivity index (χ1) is 14.7. The zero-order valence-corrected chi connectivity index (χ0v) is 17.3. The Kier molecular flexibility index (Phi) is 5.80. The van der Waals surface area contributed by atoms with Crippen molar-refractivity contribution in [2.45, 2.75) is 26.7 Å². The van der Waals surface area contributed by atoms with Gasteiger partial charge in [-0.2, -0.15) is 0 Å². The number of hydrogen-bond donors (Lipinski definition) is 3. The number of anilines is 2. The minimum atomic E-state index is -0.147. The Balaban J connectivity index is 1.42. The SMILES string of the molecule is CCc1cccc(C)c1NC(=O)c1cncc(NCCc2c[nH]c3ccccc23)c1. The van der Waals surface area contributed by atoms with Gasteiger partial charge in [0.25, 0.3) is 5.91 Å². The second-order valence-corrected chi connectivity index (χ2v) is 7.42. The Morgan fingerprint density at radius 1 is 1.07 bits per heavy atom. The number of aromatic amines is 1. The smallest absolute Gasteiger partial charge is 0.257 e. The largest absolute Gasteiger partial charge is 0.383 e. The van der Waals surface area contributed by atoms with E-state index in [1.54, 1.807) is 12.4 Å². The molecule has 0 spiro atoms. The van der Waals surface area contributed by atoms with Gasteiger partial charge >= 0.3 is 0 Å². The molecule has 2 heterocycles. The van der Waals surface area contributed by atoms with Crippen LogP contribution in [0.3, 0.4) is 0 Å². The van der Waals surface area contributed by atoms with E-state index >= 15 is 0 Å². The van der Waals surface area contributed by atoms with Crippen LogP contribution in [0.1, 0.15) is 34.0 Å². The molecule has 0 atom stereocenters. The highest BCUT2D eigenvalue weighted by atomic mass is 16.1. The van der Waals surface area contributed by atoms with Crippen LogP contribution < -0.4 is 10.6 Å². The van der Waals surface area contributed by atoms with Gasteiger partial charge in [0, 0.05) is 41.7 Å². The van der Waals surface area contributed by atoms with E-state index in [0.717, 1.165) is 47.4 Å². The summed E-state index contributed by atoms with van der Waals surface area (Å²) < 4.78 is 0. The third-order valence-corrected chi connectivity index (χ3v) is 5.38. The molecule has 0 unspecified atom stereocenters. The normalized spacial score (nSPS) is 10.9. The van der Waals surface area contributed by atoms with Gasteiger partial charge < -0.3 is 15.6 Å². The lowest BCUT2D eigenvalue weighted by Crippen LogP contribution is -2.15. The summed E-state index contributed by atoms with van der Waals surface area (Å²) in [5.41, 5.74) is 6.87. The van der Waals surface area contributed by atoms with Crippen LogP contribution in [-0.4, -0.2) is 22.4 Å². The standard InChI is InChI=1S/C25H26N4O/c1-3-18-8-6-7-17(2)24(18)29-25(30)20-13-21(16-26-14-20)27-12-11-19-15-28-23-10-5-4-9-22(19)23/h4-10,13-16,27-28H,3,11-12H2,1-2H3,(H,29,30). The average Bonchev–Trinajstić information content (AvgIpc) is 3.18. The summed E-state index contributed by atoms with van der Waals surface area (Å²) in [6.45, 7) is 4.85. The number of H-pyrrole nitrogens is 1. The summed E-state index contributed by atoms with van der Waals surface area (Å²) in [5, 5.41) is 7.69. The first kappa shape index (κ1) is 19.7. The van der Waals surface area contributed by atoms with Gasteiger partial charge in [0.05, 0.1) is 11.3 Å². The molecule has 2 aromatic carbocycles. The Morgan fingerprint density at radius 3 is 2.80 bits per heavy atom. The number of carbonyl (C=O) groups excluding carboxylic acids is 1. The summed E-state index contributed by atoms with van der Waals surface area (Å²) in [7, 11) is 0. The number of nitrogens with zero attached hydrogens (tertiary/aromatic N) is 1. The predicted octanol–water partition coefficient (Wildman–Crippen LogP) is 5.34. The molecule has 0 fully saturated rings. The first-order valence-electron chi connectivity index (χ1n) is 10.3. The van der Waals surface area contributed by atoms with Gasteiger partial charge in [-0.3, -0.25) is 9.78 Å². The first-order valence-corrected chi connectivity index (χ1v) is 10.3. The Labute approximate surface area is 176 Å². The van der Waals surface area contributed by atoms with Crippen molar-refractivity contribution < 1.29 is 4.79 Å². The third-order valence-electron chi connectivity index (χ3n) is 5.38. The van der Waals surface area contributed by atoms with Gasteiger partial charge in [-0.05, 0) is 48.6 Å². The number of aryl methyl sites for hydroxylation is 2. The summed E-state index contributed by atoms with van der Waals surface area (Å²) in [4.78, 5) is 20.4. The third kappa shape index (κ3) is 4.20. The quantitative estimate of drug-likeness (QED) is 0.393. The van der Waals surface area contributed by atoms with Gasteiger partial charge in [0.1, 0.15) is 0 Å². The Bertz CT molecular complexity index is 1180. The number of nitrogens with one attached hydrogen (secondary N) is 3. The van der Waals surface area contributed by atoms with Crippen molar-refractivity contribution in [1.29, 1.82) is 0 Å². The Morgan fingerprint density at radius 2 is 1.93 bits per heavy atom. The van der Waals surface area contributed by atoms with Crippen molar-refractivity contribution in [3.63, 3.8) is 0 Å². The van der Waals surface area contributed by atoms with Crippen LogP contribution in [0, 0.1) is 6.92 Å². The fraction of sp³-hybridized carbons (Fsp3) is 0.200. The highest BCUT2D eigenvalue weighted by molar-refractivity contribution is 6.05. The monoisotopic (exact) mass is 398 g/mol. The summed E-state index contributed by atoms with van der Waals surface area (Å²) in [6, 6.07) is 16.2. The summed E-state index contributed by atoms with van der Waals surface area (Å²) >= 11 is 0. The lowest BCUT2D eigenvalue weighted by atomic mass is 10.1. The molecule has 0 aliphatic carbocycles. The van der Waals surface area contributed by atoms with Gasteiger partial charge in [0.15, 0.2) is 0 Å². The van der Waals surface area contributed by atoms with E-state index in [1.165, 1.54) is 10.9 Å². The number of para-hydroxylation sites is 2. The molecule has 5 heteroatoms. The second kappa shape index (κ2) is 8.82. The molecule has 5 nitrogen and oxygen atoms in total. The van der Waals surface area contributed by atoms with Gasteiger partial charge in [0.2, 0.25) is 0 Å². The predicted molar refractivity (Wildman–Crippen MR) is 123 cm³/mol. The molecule has 0 aliphatic rings. The zero-order chi connectivity index (χ0) is 20.9. The maximum atomic E-state index is 12.8. The van der Waals surface area contributed by atoms with Crippen LogP contribution in [-0.2, 0) is 12.8 Å². The molecule has 0 radical (unpaired) electrons. The van der Waals surface area contributed by atoms with Gasteiger partial charge in [-0.15, -0.1) is 0 Å². The highest BCUT2D eigenvalue weighted by Crippen LogP contribution is 2.22. The average molecular weight is 399 g/mol. The number of pyridine rings is 1. The lowest BCUT2D eigenvalue weighted by molar-refractivity contribution is 0.102. The van der Waals surface area contributed by atoms with Crippen molar-refractivity contribution in [3.8, 4) is 0 Å². The minimum Gasteiger partial charge on any atom is -0.383 e. The van der Waals surface area contributed by atoms with Crippen LogP contribution in [0.2, 0.25) is 0 Å². The maximum absolute atomic E-state index is 12.8. The maximum Gasteiger partial charge on any atom is 0.257 e. The molecule has 3 N–H and O–H groups in total. The van der Waals surface area contributed by atoms with Crippen molar-refractivity contribution in [3.05, 3.63) is 89.4 Å². The topological polar surface area (TPSA) is 69.8 Å². The molecule has 0 aliphatic heterocycles. The van der Waals surface area contributed by atoms with E-state index in [9.17, 15) is 4.79 Å². The number of benzene rings is 2. The summed E-state index contributed by atoms with van der Waals surface area (Å²) in [6.07, 6.45) is 7.15. The summed E-state index contributed by atoms with van der Waals surface area (Å²) in [5.74, 6) is -0.147. The van der Waals surface area contributed by atoms with E-state index in [1.807, 2.05) is 37.3 Å². The van der Waals surface area contributed by atoms with Crippen molar-refractivity contribution in [2.24, 2.45) is 0 Å². The molecular formula is C25H26N4O. The lowest BCUT2D eigenvalue weighted by Gasteiger charge is -2.13. The van der Waals surface area contributed by atoms with Crippen molar-refractivity contribution >= 4 is 28.2 Å². The van der Waals surface area contributed by atoms with E-state index in [-0.39, 0.29) is 5.91 Å². The second-order valence-electron chi connectivity index (χ2n) is 7.42. The molecule has 1 amide bonds. The number of fused-ring (bicyclic) bond motifs is 1. The molecular weight excluding hydrogens is 372 g/mol. The molecule has 152 valence electrons. The molecule has 4 aromatic rings. The van der Waals surface area contributed by atoms with E-state index in [0.29, 0.717) is 5.56 Å². The number of hydrogen-bond acceptors (Lipinski definition) is 3. The fourth-order valence-corrected chi connectivity index (χ4v) is 3.73. The minimum absolute atomic E-state index is 0.147. The number of carbonyl (C=O) groups is 1. The van der Waals surface area contributed by atoms with E-state index in [4.69, 9.17) is 0 Å². The molecule has 30 heavy (non-hydrogen) atoms. The van der Waals surface area contributed by atoms with Gasteiger partial charge in [-0.1, -0.05) is 43.3 Å². The molecule has 2 aromatic heterocycles.